The summed E-state index contributed by atoms with van der Waals surface area (Å²) in [6, 6.07) is 0. The summed E-state index contributed by atoms with van der Waals surface area (Å²) in [5.74, 6) is 0. The number of aliphatic hydroxyl groups is 11. The monoisotopic (exact) mass is 504 g/mol. The zero-order valence-corrected chi connectivity index (χ0v) is 17.7. The highest BCUT2D eigenvalue weighted by Gasteiger charge is 2.53. The Balaban J connectivity index is 1.84. The van der Waals surface area contributed by atoms with Crippen molar-refractivity contribution in [2.75, 3.05) is 19.8 Å². The topological polar surface area (TPSA) is 269 Å². The maximum absolute atomic E-state index is 10.6. The summed E-state index contributed by atoms with van der Waals surface area (Å²) in [4.78, 5) is 0. The van der Waals surface area contributed by atoms with Gasteiger partial charge >= 0.3 is 0 Å². The van der Waals surface area contributed by atoms with Crippen LogP contribution in [-0.4, -0.2) is 168 Å². The third kappa shape index (κ3) is 5.37. The van der Waals surface area contributed by atoms with Crippen molar-refractivity contribution in [2.24, 2.45) is 0 Å². The molecule has 0 bridgehead atoms. The van der Waals surface area contributed by atoms with Crippen molar-refractivity contribution in [1.29, 1.82) is 0 Å². The Morgan fingerprint density at radius 3 is 1.47 bits per heavy atom. The van der Waals surface area contributed by atoms with Crippen molar-refractivity contribution in [1.82, 2.24) is 0 Å². The molecule has 0 unspecified atom stereocenters. The van der Waals surface area contributed by atoms with E-state index in [1.54, 1.807) is 0 Å². The molecule has 0 radical (unpaired) electrons. The highest BCUT2D eigenvalue weighted by atomic mass is 16.8. The molecule has 0 spiro atoms. The average Bonchev–Trinajstić information content (AvgIpc) is 2.83. The van der Waals surface area contributed by atoms with E-state index in [9.17, 15) is 56.2 Å². The maximum Gasteiger partial charge on any atom is 0.187 e. The number of rotatable bonds is 7. The Hall–Kier alpha value is -0.640. The first kappa shape index (κ1) is 27.9. The van der Waals surface area contributed by atoms with Gasteiger partial charge in [-0.3, -0.25) is 0 Å². The summed E-state index contributed by atoms with van der Waals surface area (Å²) in [6.07, 6.45) is -25.7. The minimum Gasteiger partial charge on any atom is -0.394 e. The van der Waals surface area contributed by atoms with Crippen LogP contribution in [0.3, 0.4) is 0 Å². The second kappa shape index (κ2) is 11.6. The fourth-order valence-electron chi connectivity index (χ4n) is 4.03. The highest BCUT2D eigenvalue weighted by Crippen LogP contribution is 2.32. The molecular weight excluding hydrogens is 472 g/mol. The van der Waals surface area contributed by atoms with E-state index in [-0.39, 0.29) is 0 Å². The van der Waals surface area contributed by atoms with Crippen LogP contribution in [-0.2, 0) is 23.7 Å². The van der Waals surface area contributed by atoms with E-state index in [1.807, 2.05) is 0 Å². The molecule has 3 rings (SSSR count). The summed E-state index contributed by atoms with van der Waals surface area (Å²) in [7, 11) is 0. The highest BCUT2D eigenvalue weighted by molar-refractivity contribution is 4.96. The fraction of sp³-hybridized carbons (Fsp3) is 1.00. The molecule has 15 atom stereocenters. The number of aliphatic hydroxyl groups excluding tert-OH is 11. The summed E-state index contributed by atoms with van der Waals surface area (Å²) in [6.45, 7) is -2.34. The van der Waals surface area contributed by atoms with Gasteiger partial charge in [-0.15, -0.1) is 0 Å². The quantitative estimate of drug-likeness (QED) is 0.154. The molecule has 0 aliphatic carbocycles. The van der Waals surface area contributed by atoms with Crippen molar-refractivity contribution in [3.63, 3.8) is 0 Å². The normalized spacial score (nSPS) is 52.5. The molecule has 0 aromatic heterocycles. The van der Waals surface area contributed by atoms with Gasteiger partial charge in [-0.05, 0) is 0 Å². The molecule has 0 aromatic carbocycles. The average molecular weight is 504 g/mol. The zero-order chi connectivity index (χ0) is 25.3. The lowest BCUT2D eigenvalue weighted by molar-refractivity contribution is -0.387. The van der Waals surface area contributed by atoms with Crippen LogP contribution in [0.1, 0.15) is 0 Å². The van der Waals surface area contributed by atoms with Crippen molar-refractivity contribution in [2.45, 2.75) is 92.1 Å². The van der Waals surface area contributed by atoms with Crippen LogP contribution in [0.5, 0.6) is 0 Å². The molecule has 0 aromatic rings. The second-order valence-electron chi connectivity index (χ2n) is 8.33. The molecule has 3 fully saturated rings. The van der Waals surface area contributed by atoms with E-state index < -0.39 is 112 Å². The first-order valence-electron chi connectivity index (χ1n) is 10.6. The van der Waals surface area contributed by atoms with Gasteiger partial charge in [0.05, 0.1) is 19.8 Å². The minimum absolute atomic E-state index is 0.762. The van der Waals surface area contributed by atoms with Crippen LogP contribution in [0.2, 0.25) is 0 Å². The van der Waals surface area contributed by atoms with Gasteiger partial charge in [-0.25, -0.2) is 0 Å². The molecule has 3 heterocycles. The molecule has 3 aliphatic heterocycles. The molecule has 16 nitrogen and oxygen atoms in total. The van der Waals surface area contributed by atoms with E-state index in [0.717, 1.165) is 0 Å². The van der Waals surface area contributed by atoms with Crippen LogP contribution >= 0.6 is 0 Å². The predicted octanol–water partition coefficient (Wildman–Crippen LogP) is -7.57. The summed E-state index contributed by atoms with van der Waals surface area (Å²) in [5.41, 5.74) is 0. The summed E-state index contributed by atoms with van der Waals surface area (Å²) < 4.78 is 26.5. The van der Waals surface area contributed by atoms with Gasteiger partial charge in [0.15, 0.2) is 18.9 Å². The molecular formula is C18H32O16. The molecule has 11 N–H and O–H groups in total. The summed E-state index contributed by atoms with van der Waals surface area (Å²) >= 11 is 0. The van der Waals surface area contributed by atoms with E-state index in [2.05, 4.69) is 0 Å². The van der Waals surface area contributed by atoms with Gasteiger partial charge in [-0.2, -0.15) is 0 Å². The van der Waals surface area contributed by atoms with Crippen LogP contribution in [0, 0.1) is 0 Å². The molecule has 16 heteroatoms. The molecule has 3 saturated heterocycles. The first-order chi connectivity index (χ1) is 16.0. The smallest absolute Gasteiger partial charge is 0.187 e. The van der Waals surface area contributed by atoms with E-state index in [1.165, 1.54) is 0 Å². The van der Waals surface area contributed by atoms with Gasteiger partial charge in [0, 0.05) is 0 Å². The van der Waals surface area contributed by atoms with Gasteiger partial charge in [0.1, 0.15) is 73.2 Å². The SMILES string of the molecule is OC[C@H]1O[C@H](O[C@H]2[C@H](O[C@@H]3[C@@H](O)[C@@H](O)O[C@H](CO)[C@H]3O)O[C@H](CO)[C@@H](O)[C@@H]2O)[C@H](O)[C@@H](O)[C@@H]1O. The minimum atomic E-state index is -1.89. The largest absolute Gasteiger partial charge is 0.394 e. The second-order valence-corrected chi connectivity index (χ2v) is 8.33. The number of hydrogen-bond acceptors (Lipinski definition) is 16. The molecule has 0 saturated carbocycles. The number of ether oxygens (including phenoxy) is 5. The van der Waals surface area contributed by atoms with Crippen molar-refractivity contribution < 1.29 is 79.9 Å². The molecule has 34 heavy (non-hydrogen) atoms. The Bertz CT molecular complexity index is 639. The van der Waals surface area contributed by atoms with E-state index in [4.69, 9.17) is 23.7 Å². The van der Waals surface area contributed by atoms with Gasteiger partial charge in [0.25, 0.3) is 0 Å². The molecule has 3 aliphatic rings. The lowest BCUT2D eigenvalue weighted by atomic mass is 9.96. The third-order valence-electron chi connectivity index (χ3n) is 6.10. The lowest BCUT2D eigenvalue weighted by Crippen LogP contribution is -2.67. The van der Waals surface area contributed by atoms with Gasteiger partial charge in [0.2, 0.25) is 0 Å². The van der Waals surface area contributed by atoms with Gasteiger partial charge < -0.3 is 79.9 Å². The van der Waals surface area contributed by atoms with Crippen LogP contribution in [0.15, 0.2) is 0 Å². The Morgan fingerprint density at radius 1 is 0.441 bits per heavy atom. The van der Waals surface area contributed by atoms with E-state index in [0.29, 0.717) is 0 Å². The maximum atomic E-state index is 10.6. The Labute approximate surface area is 192 Å². The third-order valence-corrected chi connectivity index (χ3v) is 6.10. The van der Waals surface area contributed by atoms with Crippen LogP contribution < -0.4 is 0 Å². The Morgan fingerprint density at radius 2 is 0.912 bits per heavy atom. The molecule has 0 amide bonds. The van der Waals surface area contributed by atoms with Crippen molar-refractivity contribution >= 4 is 0 Å². The van der Waals surface area contributed by atoms with Crippen LogP contribution in [0.25, 0.3) is 0 Å². The van der Waals surface area contributed by atoms with E-state index >= 15 is 0 Å². The molecule has 200 valence electrons. The lowest BCUT2D eigenvalue weighted by Gasteiger charge is -2.48. The standard InChI is InChI=1S/C18H32O16/c19-1-4-7(22)10(25)12(27)17(31-4)34-15-11(26)8(23)5(2-20)32-18(15)33-14-9(24)6(3-21)30-16(29)13(14)28/h4-29H,1-3H2/t4-,5-,6-,7-,8-,9-,10+,11+,12-,13-,14+,15-,16+,17-,18+/m1/s1. The first-order valence-corrected chi connectivity index (χ1v) is 10.6. The zero-order valence-electron chi connectivity index (χ0n) is 17.7. The van der Waals surface area contributed by atoms with Crippen molar-refractivity contribution in [3.8, 4) is 0 Å². The summed E-state index contributed by atoms with van der Waals surface area (Å²) in [5, 5.41) is 110. The number of hydrogen-bond donors (Lipinski definition) is 11. The Kier molecular flexibility index (Phi) is 9.54. The predicted molar refractivity (Wildman–Crippen MR) is 101 cm³/mol. The van der Waals surface area contributed by atoms with Crippen LogP contribution in [0.4, 0.5) is 0 Å². The van der Waals surface area contributed by atoms with Gasteiger partial charge in [-0.1, -0.05) is 0 Å². The van der Waals surface area contributed by atoms with Crippen molar-refractivity contribution in [3.05, 3.63) is 0 Å². The fourth-order valence-corrected chi connectivity index (χ4v) is 4.03.